The molecule has 0 unspecified atom stereocenters. The van der Waals surface area contributed by atoms with Crippen LogP contribution in [0.5, 0.6) is 5.75 Å². The van der Waals surface area contributed by atoms with E-state index in [1.807, 2.05) is 91.1 Å². The molecular weight excluding hydrogens is 348 g/mol. The van der Waals surface area contributed by atoms with Crippen molar-refractivity contribution in [1.82, 2.24) is 9.66 Å². The van der Waals surface area contributed by atoms with Crippen molar-refractivity contribution in [3.05, 3.63) is 102 Å². The first-order chi connectivity index (χ1) is 13.8. The van der Waals surface area contributed by atoms with Crippen LogP contribution >= 0.6 is 0 Å². The van der Waals surface area contributed by atoms with Crippen molar-refractivity contribution in [2.45, 2.75) is 6.61 Å². The fraction of sp³-hybridized carbons (Fsp3) is 0.0435. The van der Waals surface area contributed by atoms with Gasteiger partial charge in [-0.2, -0.15) is 5.10 Å². The highest BCUT2D eigenvalue weighted by Crippen LogP contribution is 2.19. The van der Waals surface area contributed by atoms with Gasteiger partial charge in [0.2, 0.25) is 5.95 Å². The Balaban J connectivity index is 1.42. The second kappa shape index (κ2) is 8.22. The molecule has 138 valence electrons. The van der Waals surface area contributed by atoms with Gasteiger partial charge in [-0.15, -0.1) is 0 Å². The van der Waals surface area contributed by atoms with E-state index in [4.69, 9.17) is 10.5 Å². The Hall–Kier alpha value is -3.86. The predicted octanol–water partition coefficient (Wildman–Crippen LogP) is 4.59. The standard InChI is InChI=1S/C23H20N4O/c24-23-26-22(20-9-5-2-6-10-20)16-27(23)25-15-18-11-13-21(14-12-18)28-17-19-7-3-1-4-8-19/h1-16H,17H2,(H2,24,26). The molecule has 0 amide bonds. The number of imidazole rings is 1. The molecule has 0 aliphatic rings. The number of aromatic nitrogens is 2. The predicted molar refractivity (Wildman–Crippen MR) is 112 cm³/mol. The number of rotatable bonds is 6. The van der Waals surface area contributed by atoms with E-state index in [0.717, 1.165) is 28.1 Å². The summed E-state index contributed by atoms with van der Waals surface area (Å²) in [6.07, 6.45) is 3.56. The van der Waals surface area contributed by atoms with Crippen LogP contribution in [0.2, 0.25) is 0 Å². The zero-order valence-corrected chi connectivity index (χ0v) is 15.3. The Kier molecular flexibility index (Phi) is 5.15. The number of benzene rings is 3. The average molecular weight is 368 g/mol. The molecule has 1 aromatic heterocycles. The zero-order valence-electron chi connectivity index (χ0n) is 15.3. The fourth-order valence-electron chi connectivity index (χ4n) is 2.75. The summed E-state index contributed by atoms with van der Waals surface area (Å²) < 4.78 is 7.37. The molecule has 1 heterocycles. The van der Waals surface area contributed by atoms with Crippen molar-refractivity contribution in [3.8, 4) is 17.0 Å². The fourth-order valence-corrected chi connectivity index (χ4v) is 2.75. The van der Waals surface area contributed by atoms with Crippen molar-refractivity contribution in [2.75, 3.05) is 5.73 Å². The van der Waals surface area contributed by atoms with E-state index in [1.54, 1.807) is 10.9 Å². The van der Waals surface area contributed by atoms with Crippen LogP contribution in [0, 0.1) is 0 Å². The number of nitrogen functional groups attached to an aromatic ring is 1. The van der Waals surface area contributed by atoms with Gasteiger partial charge in [0.1, 0.15) is 12.4 Å². The van der Waals surface area contributed by atoms with Gasteiger partial charge in [0, 0.05) is 5.56 Å². The minimum Gasteiger partial charge on any atom is -0.489 e. The molecule has 0 aliphatic heterocycles. The summed E-state index contributed by atoms with van der Waals surface area (Å²) in [6.45, 7) is 0.544. The number of nitrogens with two attached hydrogens (primary N) is 1. The maximum absolute atomic E-state index is 5.98. The molecule has 0 aliphatic carbocycles. The van der Waals surface area contributed by atoms with E-state index in [9.17, 15) is 0 Å². The first-order valence-electron chi connectivity index (χ1n) is 8.99. The summed E-state index contributed by atoms with van der Waals surface area (Å²) in [5, 5.41) is 4.41. The Morgan fingerprint density at radius 3 is 2.29 bits per heavy atom. The van der Waals surface area contributed by atoms with Gasteiger partial charge in [-0.1, -0.05) is 60.7 Å². The summed E-state index contributed by atoms with van der Waals surface area (Å²) in [5.41, 5.74) is 9.86. The van der Waals surface area contributed by atoms with Crippen LogP contribution in [0.3, 0.4) is 0 Å². The molecule has 4 aromatic rings. The van der Waals surface area contributed by atoms with E-state index in [1.165, 1.54) is 0 Å². The monoisotopic (exact) mass is 368 g/mol. The second-order valence-electron chi connectivity index (χ2n) is 6.28. The smallest absolute Gasteiger partial charge is 0.221 e. The minimum atomic E-state index is 0.345. The molecule has 2 N–H and O–H groups in total. The molecule has 0 fully saturated rings. The summed E-state index contributed by atoms with van der Waals surface area (Å²) in [7, 11) is 0. The SMILES string of the molecule is Nc1nc(-c2ccccc2)cn1N=Cc1ccc(OCc2ccccc2)cc1. The van der Waals surface area contributed by atoms with Crippen molar-refractivity contribution in [2.24, 2.45) is 5.10 Å². The molecule has 5 heteroatoms. The van der Waals surface area contributed by atoms with Crippen LogP contribution in [0.4, 0.5) is 5.95 Å². The quantitative estimate of drug-likeness (QED) is 0.506. The van der Waals surface area contributed by atoms with Crippen molar-refractivity contribution < 1.29 is 4.74 Å². The molecule has 0 saturated carbocycles. The van der Waals surface area contributed by atoms with Gasteiger partial charge in [0.15, 0.2) is 0 Å². The largest absolute Gasteiger partial charge is 0.489 e. The molecule has 4 rings (SSSR count). The molecular formula is C23H20N4O. The third-order valence-electron chi connectivity index (χ3n) is 4.24. The normalized spacial score (nSPS) is 11.0. The number of nitrogens with zero attached hydrogens (tertiary/aromatic N) is 3. The Bertz CT molecular complexity index is 1050. The molecule has 0 bridgehead atoms. The summed E-state index contributed by atoms with van der Waals surface area (Å²) in [5.74, 6) is 1.16. The lowest BCUT2D eigenvalue weighted by molar-refractivity contribution is 0.306. The van der Waals surface area contributed by atoms with Crippen LogP contribution in [0.1, 0.15) is 11.1 Å². The molecule has 0 atom stereocenters. The van der Waals surface area contributed by atoms with Gasteiger partial charge in [0.25, 0.3) is 0 Å². The van der Waals surface area contributed by atoms with Crippen LogP contribution in [0.25, 0.3) is 11.3 Å². The number of hydrogen-bond acceptors (Lipinski definition) is 4. The molecule has 3 aromatic carbocycles. The average Bonchev–Trinajstić information content (AvgIpc) is 3.13. The lowest BCUT2D eigenvalue weighted by Crippen LogP contribution is -1.97. The molecule has 5 nitrogen and oxygen atoms in total. The van der Waals surface area contributed by atoms with Crippen molar-refractivity contribution in [3.63, 3.8) is 0 Å². The summed E-state index contributed by atoms with van der Waals surface area (Å²) in [4.78, 5) is 4.37. The Morgan fingerprint density at radius 2 is 1.57 bits per heavy atom. The van der Waals surface area contributed by atoms with Crippen LogP contribution < -0.4 is 10.5 Å². The lowest BCUT2D eigenvalue weighted by Gasteiger charge is -2.06. The zero-order chi connectivity index (χ0) is 19.2. The highest BCUT2D eigenvalue weighted by Gasteiger charge is 2.05. The highest BCUT2D eigenvalue weighted by atomic mass is 16.5. The molecule has 0 radical (unpaired) electrons. The van der Waals surface area contributed by atoms with Gasteiger partial charge in [-0.25, -0.2) is 9.66 Å². The third-order valence-corrected chi connectivity index (χ3v) is 4.24. The van der Waals surface area contributed by atoms with Gasteiger partial charge in [0.05, 0.1) is 18.1 Å². The van der Waals surface area contributed by atoms with Gasteiger partial charge in [-0.3, -0.25) is 0 Å². The van der Waals surface area contributed by atoms with E-state index < -0.39 is 0 Å². The maximum atomic E-state index is 5.98. The third kappa shape index (κ3) is 4.27. The maximum Gasteiger partial charge on any atom is 0.221 e. The number of hydrogen-bond donors (Lipinski definition) is 1. The van der Waals surface area contributed by atoms with Crippen LogP contribution in [0.15, 0.2) is 96.2 Å². The first kappa shape index (κ1) is 17.5. The van der Waals surface area contributed by atoms with Crippen molar-refractivity contribution in [1.29, 1.82) is 0 Å². The van der Waals surface area contributed by atoms with E-state index in [-0.39, 0.29) is 0 Å². The van der Waals surface area contributed by atoms with Crippen LogP contribution in [-0.4, -0.2) is 15.9 Å². The van der Waals surface area contributed by atoms with Gasteiger partial charge in [-0.05, 0) is 35.4 Å². The van der Waals surface area contributed by atoms with Crippen molar-refractivity contribution >= 4 is 12.2 Å². The molecule has 0 spiro atoms. The highest BCUT2D eigenvalue weighted by molar-refractivity contribution is 5.79. The Morgan fingerprint density at radius 1 is 0.893 bits per heavy atom. The number of ether oxygens (including phenoxy) is 1. The van der Waals surface area contributed by atoms with Crippen LogP contribution in [-0.2, 0) is 6.61 Å². The minimum absolute atomic E-state index is 0.345. The Labute approximate surface area is 163 Å². The summed E-state index contributed by atoms with van der Waals surface area (Å²) in [6, 6.07) is 27.7. The van der Waals surface area contributed by atoms with Gasteiger partial charge < -0.3 is 10.5 Å². The van der Waals surface area contributed by atoms with E-state index in [2.05, 4.69) is 10.1 Å². The first-order valence-corrected chi connectivity index (χ1v) is 8.99. The molecule has 0 saturated heterocycles. The molecule has 28 heavy (non-hydrogen) atoms. The van der Waals surface area contributed by atoms with E-state index >= 15 is 0 Å². The topological polar surface area (TPSA) is 65.4 Å². The van der Waals surface area contributed by atoms with Gasteiger partial charge >= 0.3 is 0 Å². The second-order valence-corrected chi connectivity index (χ2v) is 6.28. The summed E-state index contributed by atoms with van der Waals surface area (Å²) >= 11 is 0. The lowest BCUT2D eigenvalue weighted by atomic mass is 10.2. The van der Waals surface area contributed by atoms with E-state index in [0.29, 0.717) is 12.6 Å². The number of anilines is 1.